The van der Waals surface area contributed by atoms with Crippen molar-refractivity contribution >= 4 is 17.3 Å². The molecule has 5 nitrogen and oxygen atoms in total. The third kappa shape index (κ3) is 2.99. The molecule has 1 saturated heterocycles. The molecular weight excluding hydrogens is 308 g/mol. The Hall–Kier alpha value is -2.21. The molecule has 1 fully saturated rings. The fraction of sp³-hybridized carbons (Fsp3) is 0.353. The van der Waals surface area contributed by atoms with Crippen LogP contribution in [-0.2, 0) is 0 Å². The summed E-state index contributed by atoms with van der Waals surface area (Å²) in [6.45, 7) is 3.92. The van der Waals surface area contributed by atoms with Gasteiger partial charge in [-0.3, -0.25) is 0 Å². The Morgan fingerprint density at radius 3 is 2.87 bits per heavy atom. The number of anilines is 1. The van der Waals surface area contributed by atoms with Gasteiger partial charge in [0.1, 0.15) is 0 Å². The Bertz CT molecular complexity index is 783. The van der Waals surface area contributed by atoms with Gasteiger partial charge < -0.3 is 9.42 Å². The highest BCUT2D eigenvalue weighted by atomic mass is 32.1. The summed E-state index contributed by atoms with van der Waals surface area (Å²) >= 11 is 1.75. The summed E-state index contributed by atoms with van der Waals surface area (Å²) in [5, 5.41) is 7.51. The largest absolute Gasteiger partial charge is 0.337 e. The first-order valence-corrected chi connectivity index (χ1v) is 8.73. The molecule has 0 bridgehead atoms. The average Bonchev–Trinajstić information content (AvgIpc) is 3.25. The van der Waals surface area contributed by atoms with Crippen molar-refractivity contribution in [1.29, 1.82) is 0 Å². The minimum Gasteiger partial charge on any atom is -0.337 e. The second kappa shape index (κ2) is 6.12. The number of aryl methyl sites for hydroxylation is 1. The van der Waals surface area contributed by atoms with Crippen LogP contribution in [0.15, 0.2) is 40.2 Å². The molecule has 0 saturated carbocycles. The van der Waals surface area contributed by atoms with E-state index in [0.717, 1.165) is 30.8 Å². The molecule has 118 valence electrons. The Kier molecular flexibility index (Phi) is 3.83. The molecule has 1 aromatic carbocycles. The van der Waals surface area contributed by atoms with E-state index in [2.05, 4.69) is 25.4 Å². The summed E-state index contributed by atoms with van der Waals surface area (Å²) in [7, 11) is 0. The summed E-state index contributed by atoms with van der Waals surface area (Å²) in [5.41, 5.74) is 2.06. The predicted molar refractivity (Wildman–Crippen MR) is 90.8 cm³/mol. The van der Waals surface area contributed by atoms with Crippen molar-refractivity contribution in [2.75, 3.05) is 18.0 Å². The van der Waals surface area contributed by atoms with E-state index in [9.17, 15) is 0 Å². The van der Waals surface area contributed by atoms with Gasteiger partial charge in [-0.1, -0.05) is 18.2 Å². The molecule has 6 heteroatoms. The quantitative estimate of drug-likeness (QED) is 0.731. The van der Waals surface area contributed by atoms with Gasteiger partial charge in [0.15, 0.2) is 0 Å². The van der Waals surface area contributed by atoms with E-state index in [4.69, 9.17) is 4.52 Å². The van der Waals surface area contributed by atoms with E-state index in [-0.39, 0.29) is 0 Å². The zero-order valence-corrected chi connectivity index (χ0v) is 13.8. The molecule has 0 spiro atoms. The van der Waals surface area contributed by atoms with Crippen molar-refractivity contribution in [1.82, 2.24) is 15.1 Å². The molecule has 1 aliphatic rings. The highest BCUT2D eigenvalue weighted by molar-refractivity contribution is 7.09. The number of nitrogens with zero attached hydrogens (tertiary/aromatic N) is 4. The van der Waals surface area contributed by atoms with E-state index >= 15 is 0 Å². The van der Waals surface area contributed by atoms with Crippen molar-refractivity contribution in [3.8, 4) is 11.5 Å². The smallest absolute Gasteiger partial charge is 0.266 e. The van der Waals surface area contributed by atoms with E-state index in [0.29, 0.717) is 17.8 Å². The molecular formula is C17H18N4OS. The maximum absolute atomic E-state index is 5.43. The standard InChI is InChI=1S/C17H18N4OS/c1-12-11-23-16(18-12)14-8-5-9-21(10-14)17-19-15(22-20-17)13-6-3-2-4-7-13/h2-4,6-7,11,14H,5,8-10H2,1H3. The van der Waals surface area contributed by atoms with E-state index in [1.165, 1.54) is 11.4 Å². The van der Waals surface area contributed by atoms with Crippen LogP contribution in [0.25, 0.3) is 11.5 Å². The topological polar surface area (TPSA) is 55.1 Å². The van der Waals surface area contributed by atoms with Crippen molar-refractivity contribution in [3.63, 3.8) is 0 Å². The first-order chi connectivity index (χ1) is 11.3. The van der Waals surface area contributed by atoms with Crippen LogP contribution in [0, 0.1) is 6.92 Å². The number of hydrogen-bond acceptors (Lipinski definition) is 6. The number of rotatable bonds is 3. The third-order valence-corrected chi connectivity index (χ3v) is 5.25. The second-order valence-corrected chi connectivity index (χ2v) is 6.77. The zero-order valence-electron chi connectivity index (χ0n) is 13.0. The molecule has 1 aliphatic heterocycles. The molecule has 0 N–H and O–H groups in total. The fourth-order valence-corrected chi connectivity index (χ4v) is 3.89. The van der Waals surface area contributed by atoms with Gasteiger partial charge >= 0.3 is 0 Å². The lowest BCUT2D eigenvalue weighted by atomic mass is 9.99. The molecule has 3 heterocycles. The second-order valence-electron chi connectivity index (χ2n) is 5.88. The van der Waals surface area contributed by atoms with Crippen LogP contribution < -0.4 is 4.90 Å². The Labute approximate surface area is 139 Å². The fourth-order valence-electron chi connectivity index (χ4n) is 2.96. The van der Waals surface area contributed by atoms with E-state index < -0.39 is 0 Å². The van der Waals surface area contributed by atoms with Gasteiger partial charge in [-0.2, -0.15) is 4.98 Å². The first-order valence-electron chi connectivity index (χ1n) is 7.86. The molecule has 2 aromatic heterocycles. The maximum Gasteiger partial charge on any atom is 0.266 e. The van der Waals surface area contributed by atoms with Crippen molar-refractivity contribution in [2.45, 2.75) is 25.7 Å². The van der Waals surface area contributed by atoms with Crippen LogP contribution in [0.5, 0.6) is 0 Å². The lowest BCUT2D eigenvalue weighted by molar-refractivity contribution is 0.423. The molecule has 0 aliphatic carbocycles. The van der Waals surface area contributed by atoms with Gasteiger partial charge in [0, 0.05) is 35.6 Å². The van der Waals surface area contributed by atoms with Gasteiger partial charge in [-0.05, 0) is 37.1 Å². The third-order valence-electron chi connectivity index (χ3n) is 4.13. The summed E-state index contributed by atoms with van der Waals surface area (Å²) in [6, 6.07) is 9.89. The average molecular weight is 326 g/mol. The highest BCUT2D eigenvalue weighted by Gasteiger charge is 2.26. The molecule has 1 unspecified atom stereocenters. The minimum absolute atomic E-state index is 0.459. The Morgan fingerprint density at radius 1 is 1.22 bits per heavy atom. The summed E-state index contributed by atoms with van der Waals surface area (Å²) in [4.78, 5) is 11.4. The SMILES string of the molecule is Cc1csc(C2CCCN(c3noc(-c4ccccc4)n3)C2)n1. The van der Waals surface area contributed by atoms with Gasteiger partial charge in [0.05, 0.1) is 5.01 Å². The minimum atomic E-state index is 0.459. The number of hydrogen-bond donors (Lipinski definition) is 0. The Morgan fingerprint density at radius 2 is 2.09 bits per heavy atom. The van der Waals surface area contributed by atoms with Crippen LogP contribution in [0.1, 0.15) is 29.5 Å². The van der Waals surface area contributed by atoms with Crippen molar-refractivity contribution < 1.29 is 4.52 Å². The van der Waals surface area contributed by atoms with Crippen molar-refractivity contribution in [3.05, 3.63) is 46.4 Å². The Balaban J connectivity index is 1.53. The molecule has 3 aromatic rings. The lowest BCUT2D eigenvalue weighted by Gasteiger charge is -2.30. The monoisotopic (exact) mass is 326 g/mol. The van der Waals surface area contributed by atoms with Gasteiger partial charge in [0.2, 0.25) is 0 Å². The zero-order chi connectivity index (χ0) is 15.6. The van der Waals surface area contributed by atoms with Gasteiger partial charge in [-0.15, -0.1) is 11.3 Å². The number of benzene rings is 1. The molecule has 0 amide bonds. The summed E-state index contributed by atoms with van der Waals surface area (Å²) < 4.78 is 5.43. The molecule has 1 atom stereocenters. The normalized spacial score (nSPS) is 18.3. The maximum atomic E-state index is 5.43. The number of aromatic nitrogens is 3. The van der Waals surface area contributed by atoms with Crippen LogP contribution in [0.4, 0.5) is 5.95 Å². The van der Waals surface area contributed by atoms with E-state index in [1.807, 2.05) is 37.3 Å². The molecule has 23 heavy (non-hydrogen) atoms. The summed E-state index contributed by atoms with van der Waals surface area (Å²) in [5.74, 6) is 1.72. The van der Waals surface area contributed by atoms with Gasteiger partial charge in [0.25, 0.3) is 11.8 Å². The van der Waals surface area contributed by atoms with Crippen molar-refractivity contribution in [2.24, 2.45) is 0 Å². The van der Waals surface area contributed by atoms with Crippen LogP contribution in [0.3, 0.4) is 0 Å². The van der Waals surface area contributed by atoms with E-state index in [1.54, 1.807) is 11.3 Å². The first kappa shape index (κ1) is 14.4. The highest BCUT2D eigenvalue weighted by Crippen LogP contribution is 2.31. The molecule has 4 rings (SSSR count). The van der Waals surface area contributed by atoms with Crippen LogP contribution in [0.2, 0.25) is 0 Å². The van der Waals surface area contributed by atoms with Crippen LogP contribution in [-0.4, -0.2) is 28.2 Å². The van der Waals surface area contributed by atoms with Crippen LogP contribution >= 0.6 is 11.3 Å². The number of piperidine rings is 1. The predicted octanol–water partition coefficient (Wildman–Crippen LogP) is 3.89. The molecule has 0 radical (unpaired) electrons. The number of thiazole rings is 1. The lowest BCUT2D eigenvalue weighted by Crippen LogP contribution is -2.35. The summed E-state index contributed by atoms with van der Waals surface area (Å²) in [6.07, 6.45) is 2.30. The van der Waals surface area contributed by atoms with Gasteiger partial charge in [-0.25, -0.2) is 4.98 Å².